The van der Waals surface area contributed by atoms with Gasteiger partial charge in [-0.25, -0.2) is 0 Å². The lowest BCUT2D eigenvalue weighted by Crippen LogP contribution is -2.24. The van der Waals surface area contributed by atoms with Crippen LogP contribution in [0.4, 0.5) is 5.69 Å². The van der Waals surface area contributed by atoms with Gasteiger partial charge in [0.25, 0.3) is 17.4 Å². The fourth-order valence-corrected chi connectivity index (χ4v) is 4.59. The van der Waals surface area contributed by atoms with Crippen LogP contribution in [0.25, 0.3) is 10.9 Å². The molecule has 0 unspecified atom stereocenters. The van der Waals surface area contributed by atoms with Crippen molar-refractivity contribution >= 4 is 51.5 Å². The first-order valence-corrected chi connectivity index (χ1v) is 11.6. The molecule has 0 bridgehead atoms. The second-order valence-electron chi connectivity index (χ2n) is 7.14. The van der Waals surface area contributed by atoms with Gasteiger partial charge in [0.1, 0.15) is 5.56 Å². The average molecular weight is 440 g/mol. The number of anilines is 1. The number of H-pyrrole nitrogens is 1. The van der Waals surface area contributed by atoms with Crippen molar-refractivity contribution in [3.63, 3.8) is 0 Å². The summed E-state index contributed by atoms with van der Waals surface area (Å²) in [6, 6.07) is 6.96. The number of amides is 2. The van der Waals surface area contributed by atoms with Crippen molar-refractivity contribution in [1.29, 1.82) is 0 Å². The number of hydrogen-bond donors (Lipinski definition) is 3. The lowest BCUT2D eigenvalue weighted by molar-refractivity contribution is 0.0997. The van der Waals surface area contributed by atoms with E-state index < -0.39 is 11.5 Å². The van der Waals surface area contributed by atoms with Crippen molar-refractivity contribution in [2.24, 2.45) is 5.73 Å². The molecular formula is C22H21N3O3S2. The van der Waals surface area contributed by atoms with Gasteiger partial charge in [0, 0.05) is 11.1 Å². The molecule has 1 aromatic carbocycles. The molecule has 5 rings (SSSR count). The van der Waals surface area contributed by atoms with E-state index in [9.17, 15) is 14.4 Å². The van der Waals surface area contributed by atoms with E-state index in [4.69, 9.17) is 5.73 Å². The second kappa shape index (κ2) is 8.89. The fraction of sp³-hybridized carbons (Fsp3) is 0.227. The van der Waals surface area contributed by atoms with Gasteiger partial charge in [-0.15, -0.1) is 11.8 Å². The normalized spacial score (nSPS) is 14.9. The number of pyridine rings is 1. The van der Waals surface area contributed by atoms with Crippen LogP contribution < -0.4 is 16.6 Å². The third-order valence-corrected chi connectivity index (χ3v) is 6.48. The number of fused-ring (bicyclic) bond motifs is 1. The summed E-state index contributed by atoms with van der Waals surface area (Å²) in [4.78, 5) is 39.1. The van der Waals surface area contributed by atoms with E-state index in [2.05, 4.69) is 21.8 Å². The molecular weight excluding hydrogens is 418 g/mol. The molecule has 1 saturated carbocycles. The van der Waals surface area contributed by atoms with E-state index in [0.717, 1.165) is 18.4 Å². The molecule has 0 spiro atoms. The van der Waals surface area contributed by atoms with E-state index in [1.807, 2.05) is 40.7 Å². The van der Waals surface area contributed by atoms with Crippen molar-refractivity contribution in [2.75, 3.05) is 11.1 Å². The van der Waals surface area contributed by atoms with E-state index >= 15 is 0 Å². The number of primary amides is 1. The van der Waals surface area contributed by atoms with Gasteiger partial charge in [-0.1, -0.05) is 18.2 Å². The zero-order chi connectivity index (χ0) is 21.1. The summed E-state index contributed by atoms with van der Waals surface area (Å²) in [6.45, 7) is 0. The minimum atomic E-state index is -0.793. The SMILES string of the molecule is C1=CSCC1.NC(=O)c1cc2ccc(C3CC3)c(C(=O)Nc3ccsc3)c2[nH]c1=O. The first-order chi connectivity index (χ1) is 14.5. The molecule has 8 heteroatoms. The summed E-state index contributed by atoms with van der Waals surface area (Å²) >= 11 is 3.38. The molecule has 0 radical (unpaired) electrons. The van der Waals surface area contributed by atoms with Crippen molar-refractivity contribution in [3.8, 4) is 0 Å². The molecule has 0 saturated heterocycles. The van der Waals surface area contributed by atoms with Crippen molar-refractivity contribution in [3.05, 3.63) is 73.6 Å². The standard InChI is InChI=1S/C18H15N3O3S.C4H6S/c19-16(22)13-7-10-3-4-12(9-1-2-9)14(15(10)21-17(13)23)18(24)20-11-5-6-25-8-11;1-2-4-5-3-1/h3-9H,1-2H2,(H2,19,22)(H,20,24)(H,21,23);1,3H,2,4H2. The Morgan fingerprint density at radius 1 is 1.20 bits per heavy atom. The van der Waals surface area contributed by atoms with Gasteiger partial charge < -0.3 is 16.0 Å². The maximum atomic E-state index is 12.9. The van der Waals surface area contributed by atoms with Crippen LogP contribution in [-0.2, 0) is 0 Å². The van der Waals surface area contributed by atoms with Gasteiger partial charge in [-0.3, -0.25) is 14.4 Å². The van der Waals surface area contributed by atoms with Crippen LogP contribution in [0.5, 0.6) is 0 Å². The van der Waals surface area contributed by atoms with Gasteiger partial charge in [0.15, 0.2) is 0 Å². The largest absolute Gasteiger partial charge is 0.365 e. The van der Waals surface area contributed by atoms with Crippen LogP contribution in [0.2, 0.25) is 0 Å². The summed E-state index contributed by atoms with van der Waals surface area (Å²) in [5.41, 5.74) is 7.07. The van der Waals surface area contributed by atoms with Crippen LogP contribution in [0.15, 0.2) is 51.3 Å². The maximum absolute atomic E-state index is 12.9. The molecule has 4 N–H and O–H groups in total. The van der Waals surface area contributed by atoms with Crippen molar-refractivity contribution in [1.82, 2.24) is 4.98 Å². The Morgan fingerprint density at radius 3 is 2.60 bits per heavy atom. The van der Waals surface area contributed by atoms with Crippen LogP contribution in [0, 0.1) is 0 Å². The average Bonchev–Trinajstić information content (AvgIpc) is 3.16. The number of carbonyl (C=O) groups excluding carboxylic acids is 2. The molecule has 3 aromatic rings. The van der Waals surface area contributed by atoms with Crippen LogP contribution in [-0.4, -0.2) is 22.6 Å². The van der Waals surface area contributed by atoms with Gasteiger partial charge in [0.2, 0.25) is 0 Å². The minimum Gasteiger partial charge on any atom is -0.365 e. The Bertz CT molecular complexity index is 1170. The number of thioether (sulfide) groups is 1. The summed E-state index contributed by atoms with van der Waals surface area (Å²) in [5.74, 6) is 0.569. The molecule has 1 aliphatic carbocycles. The smallest absolute Gasteiger partial charge is 0.261 e. The molecule has 2 amide bonds. The Morgan fingerprint density at radius 2 is 2.03 bits per heavy atom. The number of carbonyl (C=O) groups is 2. The Kier molecular flexibility index (Phi) is 6.06. The van der Waals surface area contributed by atoms with Crippen LogP contribution in [0.3, 0.4) is 0 Å². The van der Waals surface area contributed by atoms with E-state index in [1.165, 1.54) is 29.6 Å². The summed E-state index contributed by atoms with van der Waals surface area (Å²) in [6.07, 6.45) is 5.52. The first-order valence-electron chi connectivity index (χ1n) is 9.64. The minimum absolute atomic E-state index is 0.115. The van der Waals surface area contributed by atoms with Crippen LogP contribution in [0.1, 0.15) is 51.5 Å². The zero-order valence-electron chi connectivity index (χ0n) is 16.1. The summed E-state index contributed by atoms with van der Waals surface area (Å²) in [5, 5.41) is 9.34. The highest BCUT2D eigenvalue weighted by Gasteiger charge is 2.30. The lowest BCUT2D eigenvalue weighted by Gasteiger charge is -2.13. The molecule has 1 aliphatic heterocycles. The molecule has 6 nitrogen and oxygen atoms in total. The number of rotatable bonds is 4. The molecule has 30 heavy (non-hydrogen) atoms. The van der Waals surface area contributed by atoms with Gasteiger partial charge in [0.05, 0.1) is 16.8 Å². The third kappa shape index (κ3) is 4.49. The molecule has 0 atom stereocenters. The maximum Gasteiger partial charge on any atom is 0.261 e. The van der Waals surface area contributed by atoms with E-state index in [-0.39, 0.29) is 11.5 Å². The highest BCUT2D eigenvalue weighted by atomic mass is 32.2. The lowest BCUT2D eigenvalue weighted by atomic mass is 9.98. The van der Waals surface area contributed by atoms with Crippen molar-refractivity contribution < 1.29 is 9.59 Å². The predicted octanol–water partition coefficient (Wildman–Crippen LogP) is 4.46. The van der Waals surface area contributed by atoms with E-state index in [1.54, 1.807) is 0 Å². The summed E-state index contributed by atoms with van der Waals surface area (Å²) in [7, 11) is 0. The number of hydrogen-bond acceptors (Lipinski definition) is 5. The summed E-state index contributed by atoms with van der Waals surface area (Å²) < 4.78 is 0. The number of benzene rings is 1. The number of nitrogens with two attached hydrogens (primary N) is 1. The van der Waals surface area contributed by atoms with Gasteiger partial charge in [-0.05, 0) is 59.1 Å². The number of aromatic nitrogens is 1. The highest BCUT2D eigenvalue weighted by molar-refractivity contribution is 8.02. The van der Waals surface area contributed by atoms with Gasteiger partial charge >= 0.3 is 0 Å². The third-order valence-electron chi connectivity index (χ3n) is 4.94. The quantitative estimate of drug-likeness (QED) is 0.558. The Labute approximate surface area is 181 Å². The highest BCUT2D eigenvalue weighted by Crippen LogP contribution is 2.43. The molecule has 2 aromatic heterocycles. The number of nitrogens with one attached hydrogen (secondary N) is 2. The molecule has 1 fully saturated rings. The molecule has 3 heterocycles. The number of thiophene rings is 1. The zero-order valence-corrected chi connectivity index (χ0v) is 17.8. The Balaban J connectivity index is 0.000000383. The molecule has 2 aliphatic rings. The first kappa shape index (κ1) is 20.4. The van der Waals surface area contributed by atoms with Crippen LogP contribution >= 0.6 is 23.1 Å². The molecule has 154 valence electrons. The predicted molar refractivity (Wildman–Crippen MR) is 124 cm³/mol. The number of aromatic amines is 1. The van der Waals surface area contributed by atoms with E-state index in [0.29, 0.717) is 28.1 Å². The van der Waals surface area contributed by atoms with Gasteiger partial charge in [-0.2, -0.15) is 11.3 Å². The Hall–Kier alpha value is -2.84. The second-order valence-corrected chi connectivity index (χ2v) is 8.94. The number of allylic oxidation sites excluding steroid dienone is 1. The fourth-order valence-electron chi connectivity index (χ4n) is 3.32. The monoisotopic (exact) mass is 439 g/mol. The topological polar surface area (TPSA) is 105 Å². The van der Waals surface area contributed by atoms with Crippen molar-refractivity contribution in [2.45, 2.75) is 25.2 Å².